The zero-order valence-electron chi connectivity index (χ0n) is 18.3. The van der Waals surface area contributed by atoms with Crippen LogP contribution in [-0.2, 0) is 19.6 Å². The van der Waals surface area contributed by atoms with Crippen molar-refractivity contribution >= 4 is 21.8 Å². The number of benzene rings is 1. The fourth-order valence-electron chi connectivity index (χ4n) is 3.73. The number of halogens is 1. The number of rotatable bonds is 11. The number of amides is 2. The second-order valence-electron chi connectivity index (χ2n) is 8.60. The maximum atomic E-state index is 14.0. The zero-order valence-corrected chi connectivity index (χ0v) is 19.1. The van der Waals surface area contributed by atoms with E-state index in [0.717, 1.165) is 12.8 Å². The smallest absolute Gasteiger partial charge is 0.229 e. The summed E-state index contributed by atoms with van der Waals surface area (Å²) >= 11 is 0. The van der Waals surface area contributed by atoms with Gasteiger partial charge in [0.2, 0.25) is 21.8 Å². The van der Waals surface area contributed by atoms with E-state index in [9.17, 15) is 22.4 Å². The number of nitrogens with one attached hydrogen (secondary N) is 2. The van der Waals surface area contributed by atoms with Crippen molar-refractivity contribution in [1.29, 1.82) is 0 Å². The van der Waals surface area contributed by atoms with Crippen LogP contribution in [0.5, 0.6) is 5.75 Å². The van der Waals surface area contributed by atoms with Crippen molar-refractivity contribution in [2.45, 2.75) is 57.9 Å². The fourth-order valence-corrected chi connectivity index (χ4v) is 4.97. The van der Waals surface area contributed by atoms with E-state index in [2.05, 4.69) is 10.0 Å². The molecule has 1 aliphatic carbocycles. The lowest BCUT2D eigenvalue weighted by Crippen LogP contribution is -2.40. The number of carbonyl (C=O) groups is 2. The second-order valence-corrected chi connectivity index (χ2v) is 10.5. The third kappa shape index (κ3) is 7.13. The summed E-state index contributed by atoms with van der Waals surface area (Å²) in [5.74, 6) is -0.713. The van der Waals surface area contributed by atoms with Gasteiger partial charge in [-0.1, -0.05) is 24.6 Å². The lowest BCUT2D eigenvalue weighted by Gasteiger charge is -2.25. The predicted molar refractivity (Wildman–Crippen MR) is 119 cm³/mol. The summed E-state index contributed by atoms with van der Waals surface area (Å²) in [6.45, 7) is 2.19. The van der Waals surface area contributed by atoms with Gasteiger partial charge in [0, 0.05) is 18.4 Å². The Morgan fingerprint density at radius 2 is 2.03 bits per heavy atom. The average molecular weight is 467 g/mol. The van der Waals surface area contributed by atoms with Crippen molar-refractivity contribution in [3.05, 3.63) is 41.7 Å². The first-order valence-corrected chi connectivity index (χ1v) is 12.8. The Morgan fingerprint density at radius 3 is 2.72 bits per heavy atom. The van der Waals surface area contributed by atoms with E-state index >= 15 is 0 Å². The summed E-state index contributed by atoms with van der Waals surface area (Å²) in [5.41, 5.74) is 0.631. The molecule has 1 unspecified atom stereocenters. The summed E-state index contributed by atoms with van der Waals surface area (Å²) in [5, 5.41) is 2.31. The standard InChI is InChI=1S/C23H31FN2O5S/c1-16(19-9-11-20(24)21(14-19)31-15-17-6-5-7-17)26-32(29,30)13-4-2-3-8-18-10-12-22(27)25-23(18)28/h2-3,9,11,14,16-18,26H,4-8,10,12-13,15H2,1H3,(H,25,27,28)/b3-2+/t16-,18?/m1/s1. The Balaban J connectivity index is 1.45. The van der Waals surface area contributed by atoms with Gasteiger partial charge >= 0.3 is 0 Å². The molecule has 2 fully saturated rings. The van der Waals surface area contributed by atoms with Gasteiger partial charge in [0.1, 0.15) is 0 Å². The largest absolute Gasteiger partial charge is 0.490 e. The van der Waals surface area contributed by atoms with Crippen LogP contribution in [-0.4, -0.2) is 32.6 Å². The van der Waals surface area contributed by atoms with Crippen LogP contribution in [0, 0.1) is 17.7 Å². The average Bonchev–Trinajstić information content (AvgIpc) is 2.69. The van der Waals surface area contributed by atoms with Gasteiger partial charge in [-0.25, -0.2) is 17.5 Å². The van der Waals surface area contributed by atoms with E-state index in [0.29, 0.717) is 43.8 Å². The molecule has 32 heavy (non-hydrogen) atoms. The van der Waals surface area contributed by atoms with Crippen molar-refractivity contribution in [2.75, 3.05) is 12.4 Å². The predicted octanol–water partition coefficient (Wildman–Crippen LogP) is 3.37. The molecule has 2 atom stereocenters. The lowest BCUT2D eigenvalue weighted by atomic mass is 9.86. The highest BCUT2D eigenvalue weighted by Gasteiger charge is 2.25. The molecule has 0 bridgehead atoms. The van der Waals surface area contributed by atoms with Gasteiger partial charge in [-0.15, -0.1) is 0 Å². The van der Waals surface area contributed by atoms with Crippen molar-refractivity contribution in [3.8, 4) is 5.75 Å². The molecule has 1 heterocycles. The van der Waals surface area contributed by atoms with E-state index in [1.807, 2.05) is 0 Å². The van der Waals surface area contributed by atoms with Crippen LogP contribution in [0.3, 0.4) is 0 Å². The third-order valence-electron chi connectivity index (χ3n) is 6.00. The monoisotopic (exact) mass is 466 g/mol. The molecule has 2 amide bonds. The van der Waals surface area contributed by atoms with Crippen LogP contribution in [0.25, 0.3) is 0 Å². The van der Waals surface area contributed by atoms with Crippen molar-refractivity contribution in [3.63, 3.8) is 0 Å². The Hall–Kier alpha value is -2.26. The summed E-state index contributed by atoms with van der Waals surface area (Å²) in [7, 11) is -3.56. The Bertz CT molecular complexity index is 959. The highest BCUT2D eigenvalue weighted by molar-refractivity contribution is 7.89. The van der Waals surface area contributed by atoms with Crippen LogP contribution in [0.1, 0.15) is 63.5 Å². The van der Waals surface area contributed by atoms with Crippen LogP contribution >= 0.6 is 0 Å². The number of ether oxygens (including phenoxy) is 1. The maximum absolute atomic E-state index is 14.0. The molecular weight excluding hydrogens is 435 g/mol. The summed E-state index contributed by atoms with van der Waals surface area (Å²) < 4.78 is 47.1. The zero-order chi connectivity index (χ0) is 23.1. The molecule has 3 rings (SSSR count). The van der Waals surface area contributed by atoms with E-state index in [1.165, 1.54) is 12.5 Å². The van der Waals surface area contributed by atoms with Gasteiger partial charge in [0.25, 0.3) is 0 Å². The van der Waals surface area contributed by atoms with E-state index in [4.69, 9.17) is 4.74 Å². The summed E-state index contributed by atoms with van der Waals surface area (Å²) in [4.78, 5) is 22.9. The molecule has 7 nitrogen and oxygen atoms in total. The maximum Gasteiger partial charge on any atom is 0.229 e. The number of sulfonamides is 1. The second kappa shape index (κ2) is 11.0. The third-order valence-corrected chi connectivity index (χ3v) is 7.49. The van der Waals surface area contributed by atoms with Gasteiger partial charge in [-0.2, -0.15) is 0 Å². The van der Waals surface area contributed by atoms with E-state index in [1.54, 1.807) is 31.2 Å². The van der Waals surface area contributed by atoms with E-state index < -0.39 is 21.9 Å². The molecule has 0 radical (unpaired) electrons. The van der Waals surface area contributed by atoms with Gasteiger partial charge < -0.3 is 4.74 Å². The van der Waals surface area contributed by atoms with Crippen LogP contribution in [0.15, 0.2) is 30.4 Å². The van der Waals surface area contributed by atoms with Gasteiger partial charge in [-0.3, -0.25) is 14.9 Å². The molecule has 1 aliphatic heterocycles. The van der Waals surface area contributed by atoms with Crippen molar-refractivity contribution in [1.82, 2.24) is 10.0 Å². The number of carbonyl (C=O) groups excluding carboxylic acids is 2. The highest BCUT2D eigenvalue weighted by atomic mass is 32.2. The molecule has 0 aromatic heterocycles. The molecule has 176 valence electrons. The van der Waals surface area contributed by atoms with E-state index in [-0.39, 0.29) is 29.2 Å². The molecule has 1 saturated heterocycles. The first-order valence-electron chi connectivity index (χ1n) is 11.1. The van der Waals surface area contributed by atoms with Crippen molar-refractivity contribution in [2.24, 2.45) is 11.8 Å². The normalized spacial score (nSPS) is 20.8. The molecule has 2 N–H and O–H groups in total. The molecule has 0 spiro atoms. The molecule has 1 aromatic rings. The van der Waals surface area contributed by atoms with Crippen LogP contribution in [0.4, 0.5) is 4.39 Å². The number of imide groups is 1. The Labute approximate surface area is 188 Å². The SMILES string of the molecule is C[C@@H](NS(=O)(=O)CC/C=C/CC1CCC(=O)NC1=O)c1ccc(F)c(OCC2CCC2)c1. The molecule has 1 saturated carbocycles. The number of hydrogen-bond acceptors (Lipinski definition) is 5. The number of piperidine rings is 1. The minimum absolute atomic E-state index is 0.102. The molecule has 9 heteroatoms. The van der Waals surface area contributed by atoms with Gasteiger partial charge in [-0.05, 0) is 62.6 Å². The summed E-state index contributed by atoms with van der Waals surface area (Å²) in [6.07, 6.45) is 8.51. The van der Waals surface area contributed by atoms with Crippen molar-refractivity contribution < 1.29 is 27.1 Å². The quantitative estimate of drug-likeness (QED) is 0.385. The summed E-state index contributed by atoms with van der Waals surface area (Å²) in [6, 6.07) is 3.88. The molecular formula is C23H31FN2O5S. The number of hydrogen-bond donors (Lipinski definition) is 2. The lowest BCUT2D eigenvalue weighted by molar-refractivity contribution is -0.136. The first kappa shape index (κ1) is 24.4. The Kier molecular flexibility index (Phi) is 8.42. The van der Waals surface area contributed by atoms with Gasteiger partial charge in [0.05, 0.1) is 12.4 Å². The topological polar surface area (TPSA) is 102 Å². The highest BCUT2D eigenvalue weighted by Crippen LogP contribution is 2.29. The molecule has 2 aliphatic rings. The van der Waals surface area contributed by atoms with Crippen LogP contribution < -0.4 is 14.8 Å². The fraction of sp³-hybridized carbons (Fsp3) is 0.565. The van der Waals surface area contributed by atoms with Gasteiger partial charge in [0.15, 0.2) is 11.6 Å². The first-order chi connectivity index (χ1) is 15.2. The number of allylic oxidation sites excluding steroid dienone is 2. The van der Waals surface area contributed by atoms with Crippen LogP contribution in [0.2, 0.25) is 0 Å². The minimum atomic E-state index is -3.56. The molecule has 1 aromatic carbocycles. The Morgan fingerprint density at radius 1 is 1.25 bits per heavy atom. The minimum Gasteiger partial charge on any atom is -0.490 e.